The maximum absolute atomic E-state index is 12.4. The van der Waals surface area contributed by atoms with Crippen molar-refractivity contribution in [2.24, 2.45) is 0 Å². The van der Waals surface area contributed by atoms with Crippen LogP contribution in [-0.4, -0.2) is 44.8 Å². The van der Waals surface area contributed by atoms with Gasteiger partial charge in [-0.1, -0.05) is 0 Å². The molecule has 0 radical (unpaired) electrons. The highest BCUT2D eigenvalue weighted by molar-refractivity contribution is 5.94. The molecule has 0 bridgehead atoms. The number of hydrogen-bond acceptors (Lipinski definition) is 3. The van der Waals surface area contributed by atoms with Crippen LogP contribution < -0.4 is 0 Å². The monoisotopic (exact) mass is 301 g/mol. The van der Waals surface area contributed by atoms with E-state index in [0.29, 0.717) is 12.1 Å². The third kappa shape index (κ3) is 3.72. The molecule has 0 saturated heterocycles. The maximum atomic E-state index is 12.4. The standard InChI is InChI=1S/C16H19N3O3/c1-3-18(10-9-15(20)21)16(22)13-4-6-14(7-5-13)19-11-8-12(2)17-19/h4-8,11H,3,9-10H2,1-2H3,(H,20,21). The summed E-state index contributed by atoms with van der Waals surface area (Å²) in [5.74, 6) is -1.07. The Morgan fingerprint density at radius 1 is 1.23 bits per heavy atom. The molecule has 0 spiro atoms. The number of hydrogen-bond donors (Lipinski definition) is 1. The smallest absolute Gasteiger partial charge is 0.305 e. The summed E-state index contributed by atoms with van der Waals surface area (Å²) in [7, 11) is 0. The summed E-state index contributed by atoms with van der Waals surface area (Å²) in [5, 5.41) is 13.0. The van der Waals surface area contributed by atoms with Crippen molar-refractivity contribution in [3.8, 4) is 5.69 Å². The number of aliphatic carboxylic acids is 1. The number of amides is 1. The van der Waals surface area contributed by atoms with E-state index in [1.165, 1.54) is 4.90 Å². The predicted octanol–water partition coefficient (Wildman–Crippen LogP) is 2.12. The van der Waals surface area contributed by atoms with Crippen LogP contribution in [0.1, 0.15) is 29.4 Å². The molecule has 1 N–H and O–H groups in total. The molecular weight excluding hydrogens is 282 g/mol. The molecule has 1 amide bonds. The van der Waals surface area contributed by atoms with Crippen LogP contribution in [0.3, 0.4) is 0 Å². The van der Waals surface area contributed by atoms with Gasteiger partial charge in [-0.25, -0.2) is 4.68 Å². The Bertz CT molecular complexity index is 662. The molecule has 0 saturated carbocycles. The van der Waals surface area contributed by atoms with Gasteiger partial charge in [0.2, 0.25) is 0 Å². The Hall–Kier alpha value is -2.63. The fourth-order valence-electron chi connectivity index (χ4n) is 2.13. The molecule has 0 unspecified atom stereocenters. The van der Waals surface area contributed by atoms with Gasteiger partial charge in [0.15, 0.2) is 0 Å². The zero-order valence-corrected chi connectivity index (χ0v) is 12.7. The van der Waals surface area contributed by atoms with Crippen molar-refractivity contribution < 1.29 is 14.7 Å². The number of benzene rings is 1. The quantitative estimate of drug-likeness (QED) is 0.886. The number of nitrogens with zero attached hydrogens (tertiary/aromatic N) is 3. The highest BCUT2D eigenvalue weighted by Gasteiger charge is 2.15. The summed E-state index contributed by atoms with van der Waals surface area (Å²) in [6.07, 6.45) is 1.81. The van der Waals surface area contributed by atoms with Crippen LogP contribution in [0.15, 0.2) is 36.5 Å². The fourth-order valence-corrected chi connectivity index (χ4v) is 2.13. The summed E-state index contributed by atoms with van der Waals surface area (Å²) < 4.78 is 1.74. The fraction of sp³-hybridized carbons (Fsp3) is 0.312. The number of carboxylic acid groups (broad SMARTS) is 1. The first-order chi connectivity index (χ1) is 10.5. The lowest BCUT2D eigenvalue weighted by atomic mass is 10.1. The van der Waals surface area contributed by atoms with Crippen molar-refractivity contribution in [1.29, 1.82) is 0 Å². The van der Waals surface area contributed by atoms with Gasteiger partial charge in [-0.05, 0) is 44.2 Å². The van der Waals surface area contributed by atoms with E-state index in [9.17, 15) is 9.59 Å². The van der Waals surface area contributed by atoms with E-state index in [1.807, 2.05) is 38.2 Å². The van der Waals surface area contributed by atoms with E-state index in [-0.39, 0.29) is 18.9 Å². The third-order valence-electron chi connectivity index (χ3n) is 3.37. The number of aromatic nitrogens is 2. The highest BCUT2D eigenvalue weighted by atomic mass is 16.4. The van der Waals surface area contributed by atoms with Crippen molar-refractivity contribution in [2.75, 3.05) is 13.1 Å². The zero-order valence-electron chi connectivity index (χ0n) is 12.7. The van der Waals surface area contributed by atoms with Crippen molar-refractivity contribution >= 4 is 11.9 Å². The van der Waals surface area contributed by atoms with Crippen LogP contribution >= 0.6 is 0 Å². The van der Waals surface area contributed by atoms with Crippen molar-refractivity contribution in [3.05, 3.63) is 47.8 Å². The summed E-state index contributed by atoms with van der Waals surface area (Å²) in [6.45, 7) is 4.44. The van der Waals surface area contributed by atoms with Crippen molar-refractivity contribution in [1.82, 2.24) is 14.7 Å². The number of rotatable bonds is 6. The van der Waals surface area contributed by atoms with E-state index in [4.69, 9.17) is 5.11 Å². The summed E-state index contributed by atoms with van der Waals surface area (Å²) in [5.41, 5.74) is 2.34. The summed E-state index contributed by atoms with van der Waals surface area (Å²) >= 11 is 0. The van der Waals surface area contributed by atoms with Crippen LogP contribution in [0, 0.1) is 6.92 Å². The second kappa shape index (κ2) is 6.89. The molecule has 116 valence electrons. The number of carboxylic acids is 1. The van der Waals surface area contributed by atoms with Gasteiger partial charge in [0.05, 0.1) is 17.8 Å². The molecule has 2 rings (SSSR count). The summed E-state index contributed by atoms with van der Waals surface area (Å²) in [4.78, 5) is 24.5. The Balaban J connectivity index is 2.11. The second-order valence-corrected chi connectivity index (χ2v) is 4.98. The topological polar surface area (TPSA) is 75.4 Å². The summed E-state index contributed by atoms with van der Waals surface area (Å²) in [6, 6.07) is 9.02. The van der Waals surface area contributed by atoms with Gasteiger partial charge in [0.25, 0.3) is 5.91 Å². The van der Waals surface area contributed by atoms with Crippen LogP contribution in [0.25, 0.3) is 5.69 Å². The first kappa shape index (κ1) is 15.8. The van der Waals surface area contributed by atoms with E-state index in [1.54, 1.807) is 16.8 Å². The highest BCUT2D eigenvalue weighted by Crippen LogP contribution is 2.12. The first-order valence-corrected chi connectivity index (χ1v) is 7.15. The molecule has 1 heterocycles. The molecule has 1 aromatic heterocycles. The molecule has 6 heteroatoms. The van der Waals surface area contributed by atoms with Crippen LogP contribution in [0.2, 0.25) is 0 Å². The molecule has 0 aliphatic heterocycles. The Morgan fingerprint density at radius 3 is 2.41 bits per heavy atom. The average molecular weight is 301 g/mol. The van der Waals surface area contributed by atoms with Crippen molar-refractivity contribution in [2.45, 2.75) is 20.3 Å². The molecule has 1 aromatic carbocycles. The second-order valence-electron chi connectivity index (χ2n) is 4.98. The number of carbonyl (C=O) groups is 2. The Morgan fingerprint density at radius 2 is 1.91 bits per heavy atom. The third-order valence-corrected chi connectivity index (χ3v) is 3.37. The van der Waals surface area contributed by atoms with Crippen LogP contribution in [0.4, 0.5) is 0 Å². The molecule has 2 aromatic rings. The minimum Gasteiger partial charge on any atom is -0.481 e. The minimum atomic E-state index is -0.907. The molecule has 0 aliphatic rings. The average Bonchev–Trinajstić information content (AvgIpc) is 2.94. The maximum Gasteiger partial charge on any atom is 0.305 e. The SMILES string of the molecule is CCN(CCC(=O)O)C(=O)c1ccc(-n2ccc(C)n2)cc1. The first-order valence-electron chi connectivity index (χ1n) is 7.15. The van der Waals surface area contributed by atoms with E-state index in [0.717, 1.165) is 11.4 Å². The normalized spacial score (nSPS) is 10.5. The van der Waals surface area contributed by atoms with E-state index < -0.39 is 5.97 Å². The van der Waals surface area contributed by atoms with Gasteiger partial charge in [0, 0.05) is 24.8 Å². The lowest BCUT2D eigenvalue weighted by Gasteiger charge is -2.20. The van der Waals surface area contributed by atoms with Gasteiger partial charge in [0.1, 0.15) is 0 Å². The lowest BCUT2D eigenvalue weighted by molar-refractivity contribution is -0.137. The molecule has 0 atom stereocenters. The predicted molar refractivity (Wildman–Crippen MR) is 82.1 cm³/mol. The van der Waals surface area contributed by atoms with E-state index >= 15 is 0 Å². The van der Waals surface area contributed by atoms with Gasteiger partial charge in [-0.15, -0.1) is 0 Å². The molecule has 0 aliphatic carbocycles. The van der Waals surface area contributed by atoms with E-state index in [2.05, 4.69) is 5.10 Å². The lowest BCUT2D eigenvalue weighted by Crippen LogP contribution is -2.32. The van der Waals surface area contributed by atoms with Gasteiger partial charge < -0.3 is 10.0 Å². The van der Waals surface area contributed by atoms with Crippen molar-refractivity contribution in [3.63, 3.8) is 0 Å². The van der Waals surface area contributed by atoms with Crippen LogP contribution in [0.5, 0.6) is 0 Å². The number of carbonyl (C=O) groups excluding carboxylic acids is 1. The van der Waals surface area contributed by atoms with Gasteiger partial charge in [-0.2, -0.15) is 5.10 Å². The number of aryl methyl sites for hydroxylation is 1. The minimum absolute atomic E-state index is 0.0514. The zero-order chi connectivity index (χ0) is 16.1. The van der Waals surface area contributed by atoms with Gasteiger partial charge >= 0.3 is 5.97 Å². The Kier molecular flexibility index (Phi) is 4.93. The largest absolute Gasteiger partial charge is 0.481 e. The molecular formula is C16H19N3O3. The van der Waals surface area contributed by atoms with Crippen LogP contribution in [-0.2, 0) is 4.79 Å². The van der Waals surface area contributed by atoms with Gasteiger partial charge in [-0.3, -0.25) is 9.59 Å². The molecule has 6 nitrogen and oxygen atoms in total. The molecule has 22 heavy (non-hydrogen) atoms. The molecule has 0 fully saturated rings. The Labute approximate surface area is 129 Å².